The van der Waals surface area contributed by atoms with E-state index in [9.17, 15) is 17.6 Å². The molecule has 0 unspecified atom stereocenters. The molecule has 1 aromatic carbocycles. The number of piperazine rings is 1. The summed E-state index contributed by atoms with van der Waals surface area (Å²) in [5.74, 6) is -0.535. The van der Waals surface area contributed by atoms with Crippen LogP contribution >= 0.6 is 0 Å². The average molecular weight is 550 g/mol. The number of nitrogens with zero attached hydrogens (tertiary/aromatic N) is 5. The van der Waals surface area contributed by atoms with Crippen molar-refractivity contribution >= 4 is 27.6 Å². The number of nitrogens with one attached hydrogen (secondary N) is 1. The van der Waals surface area contributed by atoms with Gasteiger partial charge >= 0.3 is 0 Å². The van der Waals surface area contributed by atoms with Gasteiger partial charge in [-0.25, -0.2) is 22.1 Å². The molecule has 0 amide bonds. The predicted molar refractivity (Wildman–Crippen MR) is 143 cm³/mol. The normalized spacial score (nSPS) is 18.4. The molecule has 0 atom stereocenters. The molecule has 2 fully saturated rings. The van der Waals surface area contributed by atoms with Crippen molar-refractivity contribution in [3.8, 4) is 5.75 Å². The van der Waals surface area contributed by atoms with E-state index in [1.165, 1.54) is 25.4 Å². The maximum atomic E-state index is 13.7. The van der Waals surface area contributed by atoms with Crippen LogP contribution in [0.25, 0.3) is 0 Å². The summed E-state index contributed by atoms with van der Waals surface area (Å²) in [5.41, 5.74) is 6.11. The van der Waals surface area contributed by atoms with Gasteiger partial charge in [0, 0.05) is 51.5 Å². The van der Waals surface area contributed by atoms with E-state index in [1.54, 1.807) is 4.31 Å². The van der Waals surface area contributed by atoms with Crippen molar-refractivity contribution in [1.29, 1.82) is 0 Å². The van der Waals surface area contributed by atoms with E-state index in [-0.39, 0.29) is 40.4 Å². The number of hydrogen-bond acceptors (Lipinski definition) is 10. The Balaban J connectivity index is 1.28. The van der Waals surface area contributed by atoms with Gasteiger partial charge in [-0.15, -0.1) is 0 Å². The molecule has 2 aromatic rings. The standard InChI is InChI=1S/C25H36FN7O4S/c1-31-11-13-32(14-12-31)8-3-15-38(35,36)33-9-6-19(7-10-33)29-25-28-17-21(24(27)30-25)23(34)20-16-18(26)4-5-22(20)37-2/h4-5,16-17,19H,3,6-15H2,1-2H3,(H3,27,28,29,30). The molecular formula is C25H36FN7O4S. The summed E-state index contributed by atoms with van der Waals surface area (Å²) in [7, 11) is 0.187. The van der Waals surface area contributed by atoms with E-state index >= 15 is 0 Å². The molecule has 13 heteroatoms. The van der Waals surface area contributed by atoms with Crippen molar-refractivity contribution in [3.05, 3.63) is 41.3 Å². The lowest BCUT2D eigenvalue weighted by Crippen LogP contribution is -2.46. The highest BCUT2D eigenvalue weighted by Crippen LogP contribution is 2.25. The van der Waals surface area contributed by atoms with Gasteiger partial charge in [0.2, 0.25) is 21.8 Å². The molecule has 3 heterocycles. The number of nitrogen functional groups attached to an aromatic ring is 1. The number of sulfonamides is 1. The Kier molecular flexibility index (Phi) is 9.13. The molecular weight excluding hydrogens is 513 g/mol. The van der Waals surface area contributed by atoms with Crippen LogP contribution in [0.5, 0.6) is 5.75 Å². The predicted octanol–water partition coefficient (Wildman–Crippen LogP) is 1.28. The van der Waals surface area contributed by atoms with Crippen LogP contribution in [0.15, 0.2) is 24.4 Å². The van der Waals surface area contributed by atoms with Gasteiger partial charge in [-0.3, -0.25) is 4.79 Å². The number of piperidine rings is 1. The first kappa shape index (κ1) is 28.1. The van der Waals surface area contributed by atoms with Crippen molar-refractivity contribution in [2.75, 3.05) is 76.8 Å². The Bertz CT molecular complexity index is 1230. The molecule has 38 heavy (non-hydrogen) atoms. The summed E-state index contributed by atoms with van der Waals surface area (Å²) in [4.78, 5) is 25.9. The van der Waals surface area contributed by atoms with Gasteiger partial charge in [0.25, 0.3) is 0 Å². The van der Waals surface area contributed by atoms with Gasteiger partial charge in [0.1, 0.15) is 17.4 Å². The number of aromatic nitrogens is 2. The molecule has 0 radical (unpaired) electrons. The summed E-state index contributed by atoms with van der Waals surface area (Å²) >= 11 is 0. The van der Waals surface area contributed by atoms with E-state index < -0.39 is 21.6 Å². The first-order valence-electron chi connectivity index (χ1n) is 12.8. The number of likely N-dealkylation sites (N-methyl/N-ethyl adjacent to an activating group) is 1. The molecule has 208 valence electrons. The number of hydrogen-bond donors (Lipinski definition) is 2. The fourth-order valence-electron chi connectivity index (χ4n) is 4.77. The second kappa shape index (κ2) is 12.3. The highest BCUT2D eigenvalue weighted by atomic mass is 32.2. The molecule has 0 bridgehead atoms. The molecule has 0 saturated carbocycles. The van der Waals surface area contributed by atoms with Crippen LogP contribution in [0.1, 0.15) is 35.2 Å². The number of anilines is 2. The number of benzene rings is 1. The van der Waals surface area contributed by atoms with E-state index in [1.807, 2.05) is 0 Å². The Morgan fingerprint density at radius 3 is 2.53 bits per heavy atom. The number of carbonyl (C=O) groups excluding carboxylic acids is 1. The van der Waals surface area contributed by atoms with Gasteiger partial charge < -0.3 is 25.6 Å². The summed E-state index contributed by atoms with van der Waals surface area (Å²) in [5, 5.41) is 3.19. The van der Waals surface area contributed by atoms with E-state index in [0.717, 1.165) is 38.8 Å². The van der Waals surface area contributed by atoms with Gasteiger partial charge in [0.05, 0.1) is 24.0 Å². The van der Waals surface area contributed by atoms with E-state index in [0.29, 0.717) is 32.4 Å². The van der Waals surface area contributed by atoms with Crippen molar-refractivity contribution < 1.29 is 22.3 Å². The number of halogens is 1. The average Bonchev–Trinajstić information content (AvgIpc) is 2.90. The Morgan fingerprint density at radius 1 is 1.16 bits per heavy atom. The molecule has 0 aliphatic carbocycles. The van der Waals surface area contributed by atoms with Crippen molar-refractivity contribution in [2.45, 2.75) is 25.3 Å². The molecule has 1 aromatic heterocycles. The molecule has 2 aliphatic heterocycles. The molecule has 4 rings (SSSR count). The first-order chi connectivity index (χ1) is 18.2. The largest absolute Gasteiger partial charge is 0.496 e. The highest BCUT2D eigenvalue weighted by molar-refractivity contribution is 7.89. The number of carbonyl (C=O) groups is 1. The fraction of sp³-hybridized carbons (Fsp3) is 0.560. The minimum atomic E-state index is -3.31. The van der Waals surface area contributed by atoms with E-state index in [2.05, 4.69) is 32.1 Å². The van der Waals surface area contributed by atoms with E-state index in [4.69, 9.17) is 10.5 Å². The van der Waals surface area contributed by atoms with Crippen LogP contribution in [0.3, 0.4) is 0 Å². The van der Waals surface area contributed by atoms with Crippen LogP contribution in [-0.4, -0.2) is 110 Å². The van der Waals surface area contributed by atoms with Crippen LogP contribution in [0.2, 0.25) is 0 Å². The van der Waals surface area contributed by atoms with Crippen molar-refractivity contribution in [3.63, 3.8) is 0 Å². The first-order valence-corrected chi connectivity index (χ1v) is 14.4. The second-order valence-corrected chi connectivity index (χ2v) is 11.9. The molecule has 0 spiro atoms. The lowest BCUT2D eigenvalue weighted by atomic mass is 10.0. The summed E-state index contributed by atoms with van der Waals surface area (Å²) < 4.78 is 46.1. The lowest BCUT2D eigenvalue weighted by Gasteiger charge is -2.33. The Labute approximate surface area is 223 Å². The third kappa shape index (κ3) is 6.95. The summed E-state index contributed by atoms with van der Waals surface area (Å²) in [6.45, 7) is 5.63. The minimum absolute atomic E-state index is 0.0284. The number of ether oxygens (including phenoxy) is 1. The zero-order chi connectivity index (χ0) is 27.3. The number of methoxy groups -OCH3 is 1. The maximum Gasteiger partial charge on any atom is 0.224 e. The molecule has 3 N–H and O–H groups in total. The van der Waals surface area contributed by atoms with Gasteiger partial charge in [0.15, 0.2) is 0 Å². The highest BCUT2D eigenvalue weighted by Gasteiger charge is 2.28. The summed E-state index contributed by atoms with van der Waals surface area (Å²) in [6, 6.07) is 3.63. The maximum absolute atomic E-state index is 13.7. The van der Waals surface area contributed by atoms with Gasteiger partial charge in [-0.1, -0.05) is 0 Å². The monoisotopic (exact) mass is 549 g/mol. The summed E-state index contributed by atoms with van der Waals surface area (Å²) in [6.07, 6.45) is 3.13. The lowest BCUT2D eigenvalue weighted by molar-refractivity contribution is 0.103. The van der Waals surface area contributed by atoms with Crippen LogP contribution in [-0.2, 0) is 10.0 Å². The molecule has 2 saturated heterocycles. The van der Waals surface area contributed by atoms with Crippen molar-refractivity contribution in [1.82, 2.24) is 24.1 Å². The van der Waals surface area contributed by atoms with Gasteiger partial charge in [-0.05, 0) is 51.1 Å². The smallest absolute Gasteiger partial charge is 0.224 e. The minimum Gasteiger partial charge on any atom is -0.496 e. The van der Waals surface area contributed by atoms with Crippen LogP contribution < -0.4 is 15.8 Å². The second-order valence-electron chi connectivity index (χ2n) is 9.80. The van der Waals surface area contributed by atoms with Gasteiger partial charge in [-0.2, -0.15) is 4.98 Å². The number of nitrogens with two attached hydrogens (primary N) is 1. The van der Waals surface area contributed by atoms with Crippen molar-refractivity contribution in [2.24, 2.45) is 0 Å². The quantitative estimate of drug-likeness (QED) is 0.418. The Morgan fingerprint density at radius 2 is 1.87 bits per heavy atom. The number of rotatable bonds is 10. The molecule has 2 aliphatic rings. The van der Waals surface area contributed by atoms with Crippen LogP contribution in [0.4, 0.5) is 16.2 Å². The number of ketones is 1. The third-order valence-corrected chi connectivity index (χ3v) is 9.08. The Hall–Kier alpha value is -2.87. The zero-order valence-corrected chi connectivity index (χ0v) is 22.7. The topological polar surface area (TPSA) is 134 Å². The zero-order valence-electron chi connectivity index (χ0n) is 21.9. The third-order valence-electron chi connectivity index (χ3n) is 7.12. The van der Waals surface area contributed by atoms with Crippen LogP contribution in [0, 0.1) is 5.82 Å². The SMILES string of the molecule is COc1ccc(F)cc1C(=O)c1cnc(NC2CCN(S(=O)(=O)CCCN3CCN(C)CC3)CC2)nc1N. The molecule has 11 nitrogen and oxygen atoms in total. The fourth-order valence-corrected chi connectivity index (χ4v) is 6.29.